The minimum atomic E-state index is -0.0431. The Bertz CT molecular complexity index is 552. The van der Waals surface area contributed by atoms with Gasteiger partial charge in [0, 0.05) is 19.3 Å². The maximum Gasteiger partial charge on any atom is 0.321 e. The number of carbonyl (C=O) groups is 1. The summed E-state index contributed by atoms with van der Waals surface area (Å²) >= 11 is 6.88. The van der Waals surface area contributed by atoms with Gasteiger partial charge >= 0.3 is 6.03 Å². The summed E-state index contributed by atoms with van der Waals surface area (Å²) in [6, 6.07) is 6.22. The van der Waals surface area contributed by atoms with Crippen LogP contribution >= 0.6 is 11.6 Å². The number of carbonyl (C=O) groups excluding carboxylic acids is 1. The van der Waals surface area contributed by atoms with Crippen molar-refractivity contribution in [1.29, 1.82) is 0 Å². The van der Waals surface area contributed by atoms with Gasteiger partial charge in [0.1, 0.15) is 0 Å². The number of urea groups is 1. The van der Waals surface area contributed by atoms with Gasteiger partial charge in [0.05, 0.1) is 5.38 Å². The number of nitrogens with one attached hydrogen (secondary N) is 1. The fourth-order valence-corrected chi connectivity index (χ4v) is 4.29. The van der Waals surface area contributed by atoms with E-state index in [-0.39, 0.29) is 16.8 Å². The van der Waals surface area contributed by atoms with Crippen LogP contribution in [0.3, 0.4) is 0 Å². The van der Waals surface area contributed by atoms with Crippen molar-refractivity contribution in [2.45, 2.75) is 50.9 Å². The van der Waals surface area contributed by atoms with Crippen molar-refractivity contribution in [3.63, 3.8) is 0 Å². The SMILES string of the molecule is CCC1(C(Cl)c2ccc3c(c2)CN(C)C(=O)N3)CCCC1. The molecular weight excluding hydrogens is 284 g/mol. The van der Waals surface area contributed by atoms with Crippen molar-refractivity contribution in [3.05, 3.63) is 29.3 Å². The van der Waals surface area contributed by atoms with Gasteiger partial charge in [-0.05, 0) is 41.9 Å². The van der Waals surface area contributed by atoms with E-state index in [4.69, 9.17) is 11.6 Å². The first-order valence-corrected chi connectivity index (χ1v) is 8.28. The second-order valence-corrected chi connectivity index (χ2v) is 6.92. The zero-order valence-electron chi connectivity index (χ0n) is 12.8. The molecule has 1 saturated carbocycles. The molecule has 2 aliphatic rings. The van der Waals surface area contributed by atoms with Crippen molar-refractivity contribution in [1.82, 2.24) is 4.90 Å². The number of hydrogen-bond acceptors (Lipinski definition) is 1. The Labute approximate surface area is 131 Å². The van der Waals surface area contributed by atoms with Crippen LogP contribution in [-0.4, -0.2) is 18.0 Å². The van der Waals surface area contributed by atoms with Crippen molar-refractivity contribution in [2.75, 3.05) is 12.4 Å². The summed E-state index contributed by atoms with van der Waals surface area (Å²) in [5.74, 6) is 0. The monoisotopic (exact) mass is 306 g/mol. The fourth-order valence-electron chi connectivity index (χ4n) is 3.78. The third-order valence-corrected chi connectivity index (χ3v) is 5.97. The third-order valence-electron chi connectivity index (χ3n) is 5.26. The maximum atomic E-state index is 11.7. The topological polar surface area (TPSA) is 32.3 Å². The highest BCUT2D eigenvalue weighted by Crippen LogP contribution is 2.53. The average molecular weight is 307 g/mol. The lowest BCUT2D eigenvalue weighted by molar-refractivity contribution is 0.218. The Morgan fingerprint density at radius 3 is 2.76 bits per heavy atom. The number of anilines is 1. The van der Waals surface area contributed by atoms with E-state index < -0.39 is 0 Å². The van der Waals surface area contributed by atoms with Crippen LogP contribution in [0.4, 0.5) is 10.5 Å². The van der Waals surface area contributed by atoms with Crippen LogP contribution in [0.15, 0.2) is 18.2 Å². The molecular formula is C17H23ClN2O. The van der Waals surface area contributed by atoms with Crippen LogP contribution in [-0.2, 0) is 6.54 Å². The number of alkyl halides is 1. The first-order chi connectivity index (χ1) is 10.1. The second kappa shape index (κ2) is 5.53. The lowest BCUT2D eigenvalue weighted by Gasteiger charge is -2.34. The number of benzene rings is 1. The predicted molar refractivity (Wildman–Crippen MR) is 86.7 cm³/mol. The maximum absolute atomic E-state index is 11.7. The molecule has 0 bridgehead atoms. The molecule has 21 heavy (non-hydrogen) atoms. The van der Waals surface area contributed by atoms with Gasteiger partial charge in [-0.25, -0.2) is 4.79 Å². The summed E-state index contributed by atoms with van der Waals surface area (Å²) in [6.07, 6.45) is 6.17. The minimum absolute atomic E-state index is 0.0431. The zero-order chi connectivity index (χ0) is 15.0. The average Bonchev–Trinajstić information content (AvgIpc) is 2.97. The molecule has 1 N–H and O–H groups in total. The molecule has 1 aromatic carbocycles. The van der Waals surface area contributed by atoms with Crippen LogP contribution in [0.25, 0.3) is 0 Å². The predicted octanol–water partition coefficient (Wildman–Crippen LogP) is 4.91. The molecule has 0 saturated heterocycles. The fraction of sp³-hybridized carbons (Fsp3) is 0.588. The van der Waals surface area contributed by atoms with E-state index in [1.54, 1.807) is 4.90 Å². The zero-order valence-corrected chi connectivity index (χ0v) is 13.5. The van der Waals surface area contributed by atoms with E-state index in [0.29, 0.717) is 6.54 Å². The first-order valence-electron chi connectivity index (χ1n) is 7.85. The van der Waals surface area contributed by atoms with Crippen LogP contribution in [0.5, 0.6) is 0 Å². The van der Waals surface area contributed by atoms with Crippen molar-refractivity contribution >= 4 is 23.3 Å². The van der Waals surface area contributed by atoms with Crippen LogP contribution in [0.2, 0.25) is 0 Å². The van der Waals surface area contributed by atoms with Gasteiger partial charge in [0.25, 0.3) is 0 Å². The van der Waals surface area contributed by atoms with Gasteiger partial charge < -0.3 is 10.2 Å². The molecule has 3 nitrogen and oxygen atoms in total. The van der Waals surface area contributed by atoms with E-state index in [1.165, 1.54) is 31.2 Å². The van der Waals surface area contributed by atoms with Crippen molar-refractivity contribution in [3.8, 4) is 0 Å². The van der Waals surface area contributed by atoms with Gasteiger partial charge in [-0.2, -0.15) is 0 Å². The number of halogens is 1. The molecule has 1 aromatic rings. The smallest absolute Gasteiger partial charge is 0.321 e. The van der Waals surface area contributed by atoms with Gasteiger partial charge in [-0.1, -0.05) is 31.9 Å². The number of hydrogen-bond donors (Lipinski definition) is 1. The summed E-state index contributed by atoms with van der Waals surface area (Å²) in [7, 11) is 1.81. The lowest BCUT2D eigenvalue weighted by Crippen LogP contribution is -2.35. The molecule has 1 aliphatic carbocycles. The molecule has 2 amide bonds. The van der Waals surface area contributed by atoms with E-state index in [9.17, 15) is 4.79 Å². The Balaban J connectivity index is 1.90. The molecule has 0 aromatic heterocycles. The Morgan fingerprint density at radius 2 is 2.10 bits per heavy atom. The van der Waals surface area contributed by atoms with Crippen LogP contribution < -0.4 is 5.32 Å². The largest absolute Gasteiger partial charge is 0.323 e. The van der Waals surface area contributed by atoms with Crippen molar-refractivity contribution in [2.24, 2.45) is 5.41 Å². The van der Waals surface area contributed by atoms with E-state index in [0.717, 1.165) is 17.7 Å². The van der Waals surface area contributed by atoms with Gasteiger partial charge in [-0.3, -0.25) is 0 Å². The molecule has 3 rings (SSSR count). The Hall–Kier alpha value is -1.22. The number of nitrogens with zero attached hydrogens (tertiary/aromatic N) is 1. The molecule has 1 heterocycles. The molecule has 1 fully saturated rings. The number of rotatable bonds is 3. The highest BCUT2D eigenvalue weighted by molar-refractivity contribution is 6.21. The highest BCUT2D eigenvalue weighted by Gasteiger charge is 2.39. The summed E-state index contributed by atoms with van der Waals surface area (Å²) in [5, 5.41) is 2.98. The molecule has 1 atom stereocenters. The molecule has 4 heteroatoms. The first kappa shape index (κ1) is 14.7. The number of fused-ring (bicyclic) bond motifs is 1. The van der Waals surface area contributed by atoms with E-state index >= 15 is 0 Å². The highest BCUT2D eigenvalue weighted by atomic mass is 35.5. The molecule has 114 valence electrons. The van der Waals surface area contributed by atoms with E-state index in [1.807, 2.05) is 13.1 Å². The second-order valence-electron chi connectivity index (χ2n) is 6.49. The van der Waals surface area contributed by atoms with Crippen molar-refractivity contribution < 1.29 is 4.79 Å². The summed E-state index contributed by atoms with van der Waals surface area (Å²) in [6.45, 7) is 2.91. The normalized spacial score (nSPS) is 21.9. The van der Waals surface area contributed by atoms with Gasteiger partial charge in [0.2, 0.25) is 0 Å². The Morgan fingerprint density at radius 1 is 1.38 bits per heavy atom. The Kier molecular flexibility index (Phi) is 3.87. The molecule has 1 aliphatic heterocycles. The van der Waals surface area contributed by atoms with Crippen LogP contribution in [0, 0.1) is 5.41 Å². The molecule has 0 radical (unpaired) electrons. The summed E-state index contributed by atoms with van der Waals surface area (Å²) in [4.78, 5) is 13.4. The van der Waals surface area contributed by atoms with Gasteiger partial charge in [0.15, 0.2) is 0 Å². The number of amides is 2. The third kappa shape index (κ3) is 2.52. The minimum Gasteiger partial charge on any atom is -0.323 e. The molecule has 1 unspecified atom stereocenters. The van der Waals surface area contributed by atoms with E-state index in [2.05, 4.69) is 24.4 Å². The lowest BCUT2D eigenvalue weighted by atomic mass is 9.77. The summed E-state index contributed by atoms with van der Waals surface area (Å²) < 4.78 is 0. The molecule has 0 spiro atoms. The quantitative estimate of drug-likeness (QED) is 0.790. The standard InChI is InChI=1S/C17H23ClN2O/c1-3-17(8-4-5-9-17)15(18)12-6-7-14-13(10-12)11-20(2)16(21)19-14/h6-7,10,15H,3-5,8-9,11H2,1-2H3,(H,19,21). The summed E-state index contributed by atoms with van der Waals surface area (Å²) in [5.41, 5.74) is 3.52. The van der Waals surface area contributed by atoms with Gasteiger partial charge in [-0.15, -0.1) is 11.6 Å². The van der Waals surface area contributed by atoms with Crippen LogP contribution in [0.1, 0.15) is 55.5 Å².